The first-order valence-electron chi connectivity index (χ1n) is 5.01. The molecular formula is C10H8FN5O3. The Labute approximate surface area is 106 Å². The molecule has 0 radical (unpaired) electrons. The molecule has 0 saturated heterocycles. The van der Waals surface area contributed by atoms with Crippen molar-refractivity contribution in [3.8, 4) is 11.6 Å². The molecule has 0 aliphatic rings. The Morgan fingerprint density at radius 3 is 2.89 bits per heavy atom. The molecule has 0 aliphatic heterocycles. The highest BCUT2D eigenvalue weighted by Gasteiger charge is 2.20. The third kappa shape index (κ3) is 2.72. The summed E-state index contributed by atoms with van der Waals surface area (Å²) in [5, 5.41) is 10.8. The highest BCUT2D eigenvalue weighted by molar-refractivity contribution is 5.48. The molecule has 98 valence electrons. The number of nitrogens with one attached hydrogen (secondary N) is 1. The topological polar surface area (TPSA) is 116 Å². The number of aromatic nitrogens is 2. The minimum absolute atomic E-state index is 0.122. The summed E-state index contributed by atoms with van der Waals surface area (Å²) in [6.07, 6.45) is 2.49. The van der Waals surface area contributed by atoms with E-state index in [9.17, 15) is 14.5 Å². The molecule has 1 heterocycles. The highest BCUT2D eigenvalue weighted by Crippen LogP contribution is 2.32. The van der Waals surface area contributed by atoms with Gasteiger partial charge in [0.05, 0.1) is 17.3 Å². The number of hydrazine groups is 1. The molecule has 0 atom stereocenters. The smallest absolute Gasteiger partial charge is 0.314 e. The van der Waals surface area contributed by atoms with Crippen LogP contribution >= 0.6 is 0 Å². The lowest BCUT2D eigenvalue weighted by Gasteiger charge is -2.06. The number of nitro benzene ring substituents is 1. The van der Waals surface area contributed by atoms with E-state index in [1.165, 1.54) is 18.5 Å². The summed E-state index contributed by atoms with van der Waals surface area (Å²) in [6.45, 7) is 0. The number of para-hydroxylation sites is 1. The molecule has 9 heteroatoms. The van der Waals surface area contributed by atoms with Crippen LogP contribution < -0.4 is 16.0 Å². The lowest BCUT2D eigenvalue weighted by atomic mass is 10.3. The van der Waals surface area contributed by atoms with Crippen LogP contribution in [0.4, 0.5) is 15.9 Å². The van der Waals surface area contributed by atoms with Crippen molar-refractivity contribution in [3.05, 3.63) is 46.5 Å². The number of halogens is 1. The maximum atomic E-state index is 13.6. The minimum atomic E-state index is -0.873. The van der Waals surface area contributed by atoms with E-state index in [0.29, 0.717) is 0 Å². The van der Waals surface area contributed by atoms with Gasteiger partial charge in [-0.2, -0.15) is 4.98 Å². The highest BCUT2D eigenvalue weighted by atomic mass is 19.1. The molecule has 0 bridgehead atoms. The largest absolute Gasteiger partial charge is 0.427 e. The number of hydrogen-bond acceptors (Lipinski definition) is 7. The molecule has 3 N–H and O–H groups in total. The van der Waals surface area contributed by atoms with Crippen LogP contribution in [0.2, 0.25) is 0 Å². The molecule has 0 spiro atoms. The molecule has 0 saturated carbocycles. The van der Waals surface area contributed by atoms with Crippen LogP contribution in [-0.2, 0) is 0 Å². The fourth-order valence-electron chi connectivity index (χ4n) is 1.31. The van der Waals surface area contributed by atoms with Crippen molar-refractivity contribution < 1.29 is 14.1 Å². The number of nitro groups is 1. The van der Waals surface area contributed by atoms with E-state index in [1.807, 2.05) is 0 Å². The molecule has 1 aromatic carbocycles. The Balaban J connectivity index is 2.40. The third-order valence-electron chi connectivity index (χ3n) is 2.11. The average molecular weight is 265 g/mol. The number of nitrogens with zero attached hydrogens (tertiary/aromatic N) is 3. The second kappa shape index (κ2) is 5.23. The summed E-state index contributed by atoms with van der Waals surface area (Å²) in [4.78, 5) is 17.6. The van der Waals surface area contributed by atoms with Crippen molar-refractivity contribution >= 4 is 11.5 Å². The summed E-state index contributed by atoms with van der Waals surface area (Å²) in [6, 6.07) is 3.38. The first-order chi connectivity index (χ1) is 9.11. The molecular weight excluding hydrogens is 257 g/mol. The number of nitrogen functional groups attached to an aromatic ring is 1. The van der Waals surface area contributed by atoms with Crippen LogP contribution in [0.1, 0.15) is 0 Å². The Bertz CT molecular complexity index is 622. The van der Waals surface area contributed by atoms with Crippen molar-refractivity contribution in [2.45, 2.75) is 0 Å². The van der Waals surface area contributed by atoms with E-state index in [2.05, 4.69) is 15.4 Å². The lowest BCUT2D eigenvalue weighted by molar-refractivity contribution is -0.385. The zero-order valence-corrected chi connectivity index (χ0v) is 9.41. The first kappa shape index (κ1) is 12.6. The second-order valence-electron chi connectivity index (χ2n) is 3.33. The molecule has 19 heavy (non-hydrogen) atoms. The molecule has 0 aliphatic carbocycles. The van der Waals surface area contributed by atoms with Gasteiger partial charge in [0.25, 0.3) is 0 Å². The molecule has 0 unspecified atom stereocenters. The minimum Gasteiger partial charge on any atom is -0.427 e. The van der Waals surface area contributed by atoms with Gasteiger partial charge in [0.2, 0.25) is 11.6 Å². The lowest BCUT2D eigenvalue weighted by Crippen LogP contribution is -2.09. The van der Waals surface area contributed by atoms with E-state index in [4.69, 9.17) is 10.6 Å². The molecule has 0 amide bonds. The van der Waals surface area contributed by atoms with Crippen LogP contribution in [0, 0.1) is 15.9 Å². The average Bonchev–Trinajstić information content (AvgIpc) is 2.41. The van der Waals surface area contributed by atoms with Gasteiger partial charge in [-0.25, -0.2) is 10.2 Å². The van der Waals surface area contributed by atoms with Crippen LogP contribution in [0.5, 0.6) is 11.6 Å². The maximum absolute atomic E-state index is 13.6. The van der Waals surface area contributed by atoms with Crippen LogP contribution in [-0.4, -0.2) is 14.9 Å². The van der Waals surface area contributed by atoms with Gasteiger partial charge in [0.1, 0.15) is 0 Å². The number of benzene rings is 1. The van der Waals surface area contributed by atoms with E-state index in [1.54, 1.807) is 0 Å². The van der Waals surface area contributed by atoms with E-state index in [0.717, 1.165) is 12.1 Å². The summed E-state index contributed by atoms with van der Waals surface area (Å²) < 4.78 is 18.6. The van der Waals surface area contributed by atoms with Gasteiger partial charge >= 0.3 is 5.69 Å². The Morgan fingerprint density at radius 1 is 1.42 bits per heavy atom. The van der Waals surface area contributed by atoms with Gasteiger partial charge in [-0.15, -0.1) is 0 Å². The third-order valence-corrected chi connectivity index (χ3v) is 2.11. The van der Waals surface area contributed by atoms with Crippen molar-refractivity contribution in [2.75, 3.05) is 5.43 Å². The predicted octanol–water partition coefficient (Wildman–Crippen LogP) is 1.60. The van der Waals surface area contributed by atoms with Gasteiger partial charge in [0, 0.05) is 6.07 Å². The first-order valence-corrected chi connectivity index (χ1v) is 5.01. The number of ether oxygens (including phenoxy) is 1. The van der Waals surface area contributed by atoms with Gasteiger partial charge < -0.3 is 10.2 Å². The zero-order valence-electron chi connectivity index (χ0n) is 9.41. The quantitative estimate of drug-likeness (QED) is 0.490. The number of hydrogen-bond donors (Lipinski definition) is 2. The van der Waals surface area contributed by atoms with Gasteiger partial charge in [0.15, 0.2) is 11.6 Å². The monoisotopic (exact) mass is 265 g/mol. The Morgan fingerprint density at radius 2 is 2.21 bits per heavy atom. The summed E-state index contributed by atoms with van der Waals surface area (Å²) in [7, 11) is 0. The summed E-state index contributed by atoms with van der Waals surface area (Å²) in [5.41, 5.74) is 1.72. The Kier molecular flexibility index (Phi) is 3.48. The molecule has 2 aromatic rings. The van der Waals surface area contributed by atoms with Crippen LogP contribution in [0.25, 0.3) is 0 Å². The van der Waals surface area contributed by atoms with Gasteiger partial charge in [-0.3, -0.25) is 15.1 Å². The number of anilines is 1. The van der Waals surface area contributed by atoms with E-state index >= 15 is 0 Å². The normalized spacial score (nSPS) is 10.0. The van der Waals surface area contributed by atoms with Crippen LogP contribution in [0.3, 0.4) is 0 Å². The van der Waals surface area contributed by atoms with E-state index < -0.39 is 22.2 Å². The summed E-state index contributed by atoms with van der Waals surface area (Å²) >= 11 is 0. The fourth-order valence-corrected chi connectivity index (χ4v) is 1.31. The molecule has 2 rings (SSSR count). The number of rotatable bonds is 4. The summed E-state index contributed by atoms with van der Waals surface area (Å²) in [5.74, 6) is 3.78. The second-order valence-corrected chi connectivity index (χ2v) is 3.33. The van der Waals surface area contributed by atoms with Gasteiger partial charge in [-0.1, -0.05) is 6.07 Å². The molecule has 0 fully saturated rings. The predicted molar refractivity (Wildman–Crippen MR) is 63.0 cm³/mol. The van der Waals surface area contributed by atoms with E-state index in [-0.39, 0.29) is 11.7 Å². The van der Waals surface area contributed by atoms with Gasteiger partial charge in [-0.05, 0) is 6.07 Å². The Hall–Kier alpha value is -2.81. The van der Waals surface area contributed by atoms with Crippen molar-refractivity contribution in [3.63, 3.8) is 0 Å². The SMILES string of the molecule is NNc1cncc(Oc2c(F)cccc2[N+](=O)[O-])n1. The maximum Gasteiger partial charge on any atom is 0.314 e. The van der Waals surface area contributed by atoms with Crippen molar-refractivity contribution in [2.24, 2.45) is 5.84 Å². The van der Waals surface area contributed by atoms with Crippen LogP contribution in [0.15, 0.2) is 30.6 Å². The standard InChI is InChI=1S/C10H8FN5O3/c11-6-2-1-3-7(16(17)18)10(6)19-9-5-13-4-8(14-9)15-12/h1-5H,12H2,(H,14,15). The van der Waals surface area contributed by atoms with Crippen molar-refractivity contribution in [1.82, 2.24) is 9.97 Å². The van der Waals surface area contributed by atoms with Crippen molar-refractivity contribution in [1.29, 1.82) is 0 Å². The zero-order chi connectivity index (χ0) is 13.8. The molecule has 8 nitrogen and oxygen atoms in total. The number of nitrogens with two attached hydrogens (primary N) is 1. The fraction of sp³-hybridized carbons (Fsp3) is 0. The molecule has 1 aromatic heterocycles.